The van der Waals surface area contributed by atoms with Gasteiger partial charge in [-0.2, -0.15) is 0 Å². The lowest BCUT2D eigenvalue weighted by Crippen LogP contribution is -2.41. The number of benzene rings is 1. The first kappa shape index (κ1) is 17.8. The number of morpholine rings is 1. The van der Waals surface area contributed by atoms with Gasteiger partial charge in [-0.3, -0.25) is 4.79 Å². The predicted molar refractivity (Wildman–Crippen MR) is 101 cm³/mol. The molecule has 0 atom stereocenters. The molecule has 1 aliphatic heterocycles. The van der Waals surface area contributed by atoms with Crippen LogP contribution in [0.25, 0.3) is 16.8 Å². The van der Waals surface area contributed by atoms with Gasteiger partial charge in [0.1, 0.15) is 23.0 Å². The maximum Gasteiger partial charge on any atom is 0.273 e. The molecule has 1 fully saturated rings. The maximum atomic E-state index is 13.6. The Kier molecular flexibility index (Phi) is 4.49. The lowest BCUT2D eigenvalue weighted by Gasteiger charge is -2.28. The zero-order chi connectivity index (χ0) is 19.1. The minimum Gasteiger partial charge on any atom is -0.382 e. The third-order valence-electron chi connectivity index (χ3n) is 4.71. The number of nitrogens with zero attached hydrogens (tertiary/aromatic N) is 3. The van der Waals surface area contributed by atoms with Crippen LogP contribution < -0.4 is 5.73 Å². The van der Waals surface area contributed by atoms with E-state index in [1.165, 1.54) is 12.1 Å². The van der Waals surface area contributed by atoms with E-state index in [4.69, 9.17) is 22.1 Å². The molecule has 2 N–H and O–H groups in total. The largest absolute Gasteiger partial charge is 0.382 e. The zero-order valence-electron chi connectivity index (χ0n) is 14.7. The molecule has 6 nitrogen and oxygen atoms in total. The van der Waals surface area contributed by atoms with Gasteiger partial charge in [0.15, 0.2) is 0 Å². The zero-order valence-corrected chi connectivity index (χ0v) is 15.5. The molecule has 1 saturated heterocycles. The average Bonchev–Trinajstić information content (AvgIpc) is 3.06. The van der Waals surface area contributed by atoms with E-state index in [-0.39, 0.29) is 16.7 Å². The van der Waals surface area contributed by atoms with Crippen molar-refractivity contribution in [3.63, 3.8) is 0 Å². The average molecular weight is 389 g/mol. The number of aryl methyl sites for hydroxylation is 1. The monoisotopic (exact) mass is 388 g/mol. The lowest BCUT2D eigenvalue weighted by atomic mass is 10.1. The highest BCUT2D eigenvalue weighted by molar-refractivity contribution is 6.31. The van der Waals surface area contributed by atoms with Crippen LogP contribution >= 0.6 is 11.6 Å². The third-order valence-corrected chi connectivity index (χ3v) is 5.00. The van der Waals surface area contributed by atoms with Gasteiger partial charge in [-0.05, 0) is 37.3 Å². The van der Waals surface area contributed by atoms with Gasteiger partial charge in [-0.1, -0.05) is 11.6 Å². The first-order valence-electron chi connectivity index (χ1n) is 8.57. The second kappa shape index (κ2) is 6.83. The van der Waals surface area contributed by atoms with Gasteiger partial charge >= 0.3 is 0 Å². The Morgan fingerprint density at radius 2 is 2.00 bits per heavy atom. The van der Waals surface area contributed by atoms with E-state index in [1.807, 2.05) is 19.1 Å². The molecule has 140 valence electrons. The molecule has 1 aromatic carbocycles. The minimum atomic E-state index is -0.535. The van der Waals surface area contributed by atoms with Crippen LogP contribution in [-0.2, 0) is 4.74 Å². The summed E-state index contributed by atoms with van der Waals surface area (Å²) in [5.74, 6) is -0.421. The van der Waals surface area contributed by atoms with Crippen LogP contribution in [0.4, 0.5) is 10.2 Å². The highest BCUT2D eigenvalue weighted by atomic mass is 35.5. The van der Waals surface area contributed by atoms with Crippen molar-refractivity contribution in [3.05, 3.63) is 52.6 Å². The van der Waals surface area contributed by atoms with E-state index in [0.717, 1.165) is 5.69 Å². The Morgan fingerprint density at radius 3 is 2.70 bits per heavy atom. The summed E-state index contributed by atoms with van der Waals surface area (Å²) in [4.78, 5) is 19.6. The molecule has 0 spiro atoms. The molecular weight excluding hydrogens is 371 g/mol. The molecule has 4 rings (SSSR count). The fraction of sp³-hybridized carbons (Fsp3) is 0.263. The van der Waals surface area contributed by atoms with Crippen LogP contribution in [-0.4, -0.2) is 46.5 Å². The number of anilines is 1. The number of hydrogen-bond donors (Lipinski definition) is 1. The SMILES string of the molecule is Cc1ccc2c(N)nc(-c3ccc(F)c(Cl)c3)c(C(=O)N3CCOCC3)n12. The summed E-state index contributed by atoms with van der Waals surface area (Å²) in [6.07, 6.45) is 0. The van der Waals surface area contributed by atoms with Gasteiger partial charge in [-0.15, -0.1) is 0 Å². The summed E-state index contributed by atoms with van der Waals surface area (Å²) in [5.41, 5.74) is 8.93. The summed E-state index contributed by atoms with van der Waals surface area (Å²) < 4.78 is 20.8. The standard InChI is InChI=1S/C19H18ClFN4O2/c1-11-2-5-15-18(22)23-16(12-3-4-14(21)13(20)10-12)17(25(11)15)19(26)24-6-8-27-9-7-24/h2-5,10H,6-9H2,1H3,(H2,22,23). The number of fused-ring (bicyclic) bond motifs is 1. The molecule has 8 heteroatoms. The first-order valence-corrected chi connectivity index (χ1v) is 8.95. The second-order valence-electron chi connectivity index (χ2n) is 6.42. The summed E-state index contributed by atoms with van der Waals surface area (Å²) in [6, 6.07) is 7.97. The summed E-state index contributed by atoms with van der Waals surface area (Å²) in [6.45, 7) is 3.85. The molecule has 27 heavy (non-hydrogen) atoms. The van der Waals surface area contributed by atoms with Crippen LogP contribution in [0.15, 0.2) is 30.3 Å². The number of hydrogen-bond acceptors (Lipinski definition) is 4. The van der Waals surface area contributed by atoms with Crippen molar-refractivity contribution < 1.29 is 13.9 Å². The van der Waals surface area contributed by atoms with Gasteiger partial charge in [0.25, 0.3) is 5.91 Å². The van der Waals surface area contributed by atoms with Gasteiger partial charge in [-0.25, -0.2) is 9.37 Å². The quantitative estimate of drug-likeness (QED) is 0.732. The van der Waals surface area contributed by atoms with E-state index in [1.54, 1.807) is 15.4 Å². The second-order valence-corrected chi connectivity index (χ2v) is 6.83. The van der Waals surface area contributed by atoms with E-state index < -0.39 is 5.82 Å². The minimum absolute atomic E-state index is 0.0398. The van der Waals surface area contributed by atoms with Crippen molar-refractivity contribution in [2.24, 2.45) is 0 Å². The first-order chi connectivity index (χ1) is 13.0. The van der Waals surface area contributed by atoms with Crippen molar-refractivity contribution in [2.45, 2.75) is 6.92 Å². The van der Waals surface area contributed by atoms with Crippen molar-refractivity contribution >= 4 is 28.8 Å². The van der Waals surface area contributed by atoms with E-state index in [2.05, 4.69) is 4.98 Å². The fourth-order valence-electron chi connectivity index (χ4n) is 3.33. The van der Waals surface area contributed by atoms with E-state index in [9.17, 15) is 9.18 Å². The number of ether oxygens (including phenoxy) is 1. The highest BCUT2D eigenvalue weighted by Crippen LogP contribution is 2.31. The third kappa shape index (κ3) is 3.02. The fourth-order valence-corrected chi connectivity index (χ4v) is 3.51. The number of rotatable bonds is 2. The van der Waals surface area contributed by atoms with Crippen LogP contribution in [0.1, 0.15) is 16.2 Å². The Hall–Kier alpha value is -2.64. The van der Waals surface area contributed by atoms with Gasteiger partial charge in [0, 0.05) is 24.3 Å². The molecule has 0 bridgehead atoms. The number of carbonyl (C=O) groups is 1. The Bertz CT molecular complexity index is 1040. The predicted octanol–water partition coefficient (Wildman–Crippen LogP) is 3.16. The van der Waals surface area contributed by atoms with E-state index >= 15 is 0 Å². The highest BCUT2D eigenvalue weighted by Gasteiger charge is 2.27. The number of nitrogens with two attached hydrogens (primary N) is 1. The molecule has 0 unspecified atom stereocenters. The number of amides is 1. The molecule has 2 aromatic heterocycles. The van der Waals surface area contributed by atoms with Crippen molar-refractivity contribution in [1.29, 1.82) is 0 Å². The molecule has 0 saturated carbocycles. The van der Waals surface area contributed by atoms with Crippen LogP contribution in [0.3, 0.4) is 0 Å². The van der Waals surface area contributed by atoms with E-state index in [0.29, 0.717) is 48.8 Å². The molecule has 3 heterocycles. The smallest absolute Gasteiger partial charge is 0.273 e. The molecule has 1 amide bonds. The molecule has 1 aliphatic rings. The summed E-state index contributed by atoms with van der Waals surface area (Å²) in [5, 5.41) is -0.0398. The normalized spacial score (nSPS) is 14.7. The number of nitrogen functional groups attached to an aromatic ring is 1. The number of aromatic nitrogens is 2. The molecule has 0 aliphatic carbocycles. The van der Waals surface area contributed by atoms with Crippen LogP contribution in [0, 0.1) is 12.7 Å². The Morgan fingerprint density at radius 1 is 1.26 bits per heavy atom. The topological polar surface area (TPSA) is 72.9 Å². The number of halogens is 2. The number of carbonyl (C=O) groups excluding carboxylic acids is 1. The molecule has 0 radical (unpaired) electrons. The Labute approximate surface area is 160 Å². The van der Waals surface area contributed by atoms with Crippen LogP contribution in [0.2, 0.25) is 5.02 Å². The van der Waals surface area contributed by atoms with Crippen LogP contribution in [0.5, 0.6) is 0 Å². The van der Waals surface area contributed by atoms with Gasteiger partial charge in [0.05, 0.1) is 23.8 Å². The van der Waals surface area contributed by atoms with Gasteiger partial charge < -0.3 is 19.8 Å². The lowest BCUT2D eigenvalue weighted by molar-refractivity contribution is 0.0298. The molecular formula is C19H18ClFN4O2. The van der Waals surface area contributed by atoms with Crippen molar-refractivity contribution in [1.82, 2.24) is 14.3 Å². The summed E-state index contributed by atoms with van der Waals surface area (Å²) in [7, 11) is 0. The Balaban J connectivity index is 1.98. The van der Waals surface area contributed by atoms with Crippen molar-refractivity contribution in [3.8, 4) is 11.3 Å². The molecule has 3 aromatic rings. The van der Waals surface area contributed by atoms with Gasteiger partial charge in [0.2, 0.25) is 0 Å². The maximum absolute atomic E-state index is 13.6. The van der Waals surface area contributed by atoms with Crippen molar-refractivity contribution in [2.75, 3.05) is 32.0 Å². The summed E-state index contributed by atoms with van der Waals surface area (Å²) >= 11 is 5.96.